The maximum Gasteiger partial charge on any atom is 0.164 e. The van der Waals surface area contributed by atoms with Crippen molar-refractivity contribution in [3.8, 4) is 73.2 Å². The van der Waals surface area contributed by atoms with E-state index in [0.717, 1.165) is 66.5 Å². The van der Waals surface area contributed by atoms with Crippen molar-refractivity contribution in [1.29, 1.82) is 0 Å². The molecule has 12 aromatic rings. The van der Waals surface area contributed by atoms with E-state index >= 15 is 0 Å². The van der Waals surface area contributed by atoms with E-state index in [2.05, 4.69) is 187 Å². The number of aromatic nitrogens is 4. The number of benzene rings is 9. The fraction of sp³-hybridized carbons (Fsp3) is 0. The third-order valence-electron chi connectivity index (χ3n) is 11.9. The molecule has 0 amide bonds. The number of fused-ring (bicyclic) bond motifs is 6. The molecule has 9 aromatic carbocycles. The average Bonchev–Trinajstić information content (AvgIpc) is 3.89. The predicted molar refractivity (Wildman–Crippen MR) is 254 cm³/mol. The molecular weight excluding hydrogens is 757 g/mol. The molecule has 0 atom stereocenters. The van der Waals surface area contributed by atoms with E-state index < -0.39 is 0 Å². The molecule has 0 N–H and O–H groups in total. The molecule has 12 rings (SSSR count). The molecule has 5 heteroatoms. The van der Waals surface area contributed by atoms with Crippen molar-refractivity contribution in [2.24, 2.45) is 0 Å². The van der Waals surface area contributed by atoms with Gasteiger partial charge in [0.2, 0.25) is 0 Å². The van der Waals surface area contributed by atoms with Crippen LogP contribution >= 0.6 is 0 Å². The maximum absolute atomic E-state index is 6.60. The van der Waals surface area contributed by atoms with Crippen molar-refractivity contribution in [3.63, 3.8) is 0 Å². The Bertz CT molecular complexity index is 3500. The SMILES string of the molecule is c1ccc(-c2ccc(-c3nc(-c4ccccc4)nc(-c4ccc5c(c4)oc4ccc(-n6c7ccc(-c8ccccc8)cc7c7cc(-c8ccccc8)ccc76)cc45)n3)cc2)cc1. The van der Waals surface area contributed by atoms with E-state index in [1.807, 2.05) is 36.4 Å². The van der Waals surface area contributed by atoms with Gasteiger partial charge in [-0.3, -0.25) is 0 Å². The van der Waals surface area contributed by atoms with E-state index in [1.165, 1.54) is 33.0 Å². The summed E-state index contributed by atoms with van der Waals surface area (Å²) in [5, 5.41) is 4.48. The standard InChI is InChI=1S/C57H36N4O/c1-5-13-37(14-6-1)40-21-23-42(24-22-40)56-58-55(41-19-11-4-12-20-41)59-57(60-56)45-25-29-47-50-36-46(28-32-53(50)62-54(47)35-45)61-51-30-26-43(38-15-7-2-8-16-38)33-48(51)49-34-44(27-31-52(49)61)39-17-9-3-10-18-39/h1-36H. The highest BCUT2D eigenvalue weighted by molar-refractivity contribution is 6.12. The highest BCUT2D eigenvalue weighted by atomic mass is 16.3. The predicted octanol–water partition coefficient (Wildman–Crippen LogP) is 14.9. The number of hydrogen-bond acceptors (Lipinski definition) is 4. The minimum absolute atomic E-state index is 0.582. The van der Waals surface area contributed by atoms with Crippen LogP contribution in [0.25, 0.3) is 117 Å². The van der Waals surface area contributed by atoms with Gasteiger partial charge in [-0.1, -0.05) is 164 Å². The molecule has 0 aliphatic rings. The van der Waals surface area contributed by atoms with Crippen LogP contribution in [0.15, 0.2) is 223 Å². The Morgan fingerprint density at radius 1 is 0.274 bits per heavy atom. The molecule has 0 spiro atoms. The summed E-state index contributed by atoms with van der Waals surface area (Å²) in [5.74, 6) is 1.81. The Morgan fingerprint density at radius 2 is 0.694 bits per heavy atom. The summed E-state index contributed by atoms with van der Waals surface area (Å²) in [7, 11) is 0. The molecule has 0 unspecified atom stereocenters. The van der Waals surface area contributed by atoms with Gasteiger partial charge in [0.1, 0.15) is 11.2 Å². The number of nitrogens with zero attached hydrogens (tertiary/aromatic N) is 4. The summed E-state index contributed by atoms with van der Waals surface area (Å²) in [6.07, 6.45) is 0. The van der Waals surface area contributed by atoms with Crippen LogP contribution in [0.4, 0.5) is 0 Å². The zero-order valence-electron chi connectivity index (χ0n) is 33.5. The van der Waals surface area contributed by atoms with E-state index in [9.17, 15) is 0 Å². The van der Waals surface area contributed by atoms with Crippen LogP contribution in [0, 0.1) is 0 Å². The first-order valence-electron chi connectivity index (χ1n) is 20.8. The van der Waals surface area contributed by atoms with Crippen molar-refractivity contribution >= 4 is 43.7 Å². The van der Waals surface area contributed by atoms with Gasteiger partial charge in [-0.05, 0) is 88.0 Å². The summed E-state index contributed by atoms with van der Waals surface area (Å²) in [6.45, 7) is 0. The molecule has 0 saturated carbocycles. The number of furan rings is 1. The van der Waals surface area contributed by atoms with Gasteiger partial charge < -0.3 is 8.98 Å². The fourth-order valence-electron chi connectivity index (χ4n) is 8.76. The van der Waals surface area contributed by atoms with E-state index in [0.29, 0.717) is 17.5 Å². The molecule has 0 aliphatic heterocycles. The Balaban J connectivity index is 0.971. The second-order valence-corrected chi connectivity index (χ2v) is 15.6. The first-order chi connectivity index (χ1) is 30.7. The van der Waals surface area contributed by atoms with Gasteiger partial charge in [-0.25, -0.2) is 15.0 Å². The molecule has 0 aliphatic carbocycles. The van der Waals surface area contributed by atoms with Crippen LogP contribution in [0.3, 0.4) is 0 Å². The Morgan fingerprint density at radius 3 is 1.24 bits per heavy atom. The Labute approximate surface area is 357 Å². The molecular formula is C57H36N4O. The normalized spacial score (nSPS) is 11.5. The molecule has 0 bridgehead atoms. The van der Waals surface area contributed by atoms with Crippen molar-refractivity contribution in [3.05, 3.63) is 218 Å². The quantitative estimate of drug-likeness (QED) is 0.161. The minimum atomic E-state index is 0.582. The smallest absolute Gasteiger partial charge is 0.164 e. The lowest BCUT2D eigenvalue weighted by Crippen LogP contribution is -2.00. The van der Waals surface area contributed by atoms with Crippen LogP contribution in [0.2, 0.25) is 0 Å². The summed E-state index contributed by atoms with van der Waals surface area (Å²) in [4.78, 5) is 15.0. The first-order valence-corrected chi connectivity index (χ1v) is 20.8. The van der Waals surface area contributed by atoms with Gasteiger partial charge >= 0.3 is 0 Å². The van der Waals surface area contributed by atoms with Crippen molar-refractivity contribution in [2.75, 3.05) is 0 Å². The summed E-state index contributed by atoms with van der Waals surface area (Å²) >= 11 is 0. The lowest BCUT2D eigenvalue weighted by Gasteiger charge is -2.09. The lowest BCUT2D eigenvalue weighted by atomic mass is 10.0. The van der Waals surface area contributed by atoms with Gasteiger partial charge in [0.15, 0.2) is 17.5 Å². The van der Waals surface area contributed by atoms with Crippen LogP contribution < -0.4 is 0 Å². The summed E-state index contributed by atoms with van der Waals surface area (Å²) in [6, 6.07) is 76.5. The molecule has 3 heterocycles. The van der Waals surface area contributed by atoms with Crippen LogP contribution in [-0.4, -0.2) is 19.5 Å². The van der Waals surface area contributed by atoms with Gasteiger partial charge in [0, 0.05) is 43.9 Å². The largest absolute Gasteiger partial charge is 0.456 e. The second-order valence-electron chi connectivity index (χ2n) is 15.6. The van der Waals surface area contributed by atoms with E-state index in [4.69, 9.17) is 19.4 Å². The fourth-order valence-corrected chi connectivity index (χ4v) is 8.76. The van der Waals surface area contributed by atoms with Crippen LogP contribution in [0.5, 0.6) is 0 Å². The highest BCUT2D eigenvalue weighted by Gasteiger charge is 2.18. The topological polar surface area (TPSA) is 56.7 Å². The van der Waals surface area contributed by atoms with Gasteiger partial charge in [-0.2, -0.15) is 0 Å². The molecule has 62 heavy (non-hydrogen) atoms. The molecule has 5 nitrogen and oxygen atoms in total. The molecule has 0 fully saturated rings. The second kappa shape index (κ2) is 14.7. The highest BCUT2D eigenvalue weighted by Crippen LogP contribution is 2.40. The van der Waals surface area contributed by atoms with Gasteiger partial charge in [0.25, 0.3) is 0 Å². The van der Waals surface area contributed by atoms with E-state index in [-0.39, 0.29) is 0 Å². The van der Waals surface area contributed by atoms with Crippen molar-refractivity contribution < 1.29 is 4.42 Å². The van der Waals surface area contributed by atoms with Crippen LogP contribution in [-0.2, 0) is 0 Å². The Hall–Kier alpha value is -8.41. The molecule has 0 radical (unpaired) electrons. The third kappa shape index (κ3) is 6.23. The zero-order chi connectivity index (χ0) is 41.0. The monoisotopic (exact) mass is 792 g/mol. The summed E-state index contributed by atoms with van der Waals surface area (Å²) < 4.78 is 8.98. The lowest BCUT2D eigenvalue weighted by molar-refractivity contribution is 0.669. The minimum Gasteiger partial charge on any atom is -0.456 e. The van der Waals surface area contributed by atoms with Gasteiger partial charge in [0.05, 0.1) is 11.0 Å². The molecule has 0 saturated heterocycles. The van der Waals surface area contributed by atoms with Crippen molar-refractivity contribution in [1.82, 2.24) is 19.5 Å². The third-order valence-corrected chi connectivity index (χ3v) is 11.9. The molecule has 3 aromatic heterocycles. The molecule has 290 valence electrons. The number of hydrogen-bond donors (Lipinski definition) is 0. The van der Waals surface area contributed by atoms with E-state index in [1.54, 1.807) is 0 Å². The van der Waals surface area contributed by atoms with Crippen LogP contribution in [0.1, 0.15) is 0 Å². The zero-order valence-corrected chi connectivity index (χ0v) is 33.5. The Kier molecular flexibility index (Phi) is 8.42. The first kappa shape index (κ1) is 35.5. The van der Waals surface area contributed by atoms with Crippen molar-refractivity contribution in [2.45, 2.75) is 0 Å². The maximum atomic E-state index is 6.60. The average molecular weight is 793 g/mol. The number of rotatable bonds is 7. The van der Waals surface area contributed by atoms with Gasteiger partial charge in [-0.15, -0.1) is 0 Å². The summed E-state index contributed by atoms with van der Waals surface area (Å²) in [5.41, 5.74) is 14.7.